The number of nitrogens with one attached hydrogen (secondary N) is 1. The highest BCUT2D eigenvalue weighted by Gasteiger charge is 2.37. The van der Waals surface area contributed by atoms with Crippen molar-refractivity contribution in [2.75, 3.05) is 4.90 Å². The molecule has 134 valence electrons. The Kier molecular flexibility index (Phi) is 3.45. The van der Waals surface area contributed by atoms with Gasteiger partial charge in [0.1, 0.15) is 5.69 Å². The fourth-order valence-corrected chi connectivity index (χ4v) is 3.49. The van der Waals surface area contributed by atoms with Crippen LogP contribution in [0.4, 0.5) is 5.69 Å². The molecule has 0 saturated carbocycles. The third kappa shape index (κ3) is 2.28. The lowest BCUT2D eigenvalue weighted by atomic mass is 10.1. The van der Waals surface area contributed by atoms with Crippen LogP contribution in [0, 0.1) is 0 Å². The number of imide groups is 1. The summed E-state index contributed by atoms with van der Waals surface area (Å²) in [6.07, 6.45) is 0. The Morgan fingerprint density at radius 3 is 1.96 bits per heavy atom. The van der Waals surface area contributed by atoms with E-state index >= 15 is 0 Å². The summed E-state index contributed by atoms with van der Waals surface area (Å²) in [5.74, 6) is -0.824. The molecule has 5 rings (SSSR count). The molecular formula is C22H13N3O3. The Labute approximate surface area is 159 Å². The quantitative estimate of drug-likeness (QED) is 0.551. The fourth-order valence-electron chi connectivity index (χ4n) is 3.49. The summed E-state index contributed by atoms with van der Waals surface area (Å²) >= 11 is 0. The first-order valence-electron chi connectivity index (χ1n) is 8.71. The van der Waals surface area contributed by atoms with Crippen molar-refractivity contribution in [3.8, 4) is 11.3 Å². The van der Waals surface area contributed by atoms with Crippen LogP contribution in [0.15, 0.2) is 77.6 Å². The number of H-pyrrole nitrogens is 1. The molecule has 2 amide bonds. The zero-order valence-electron chi connectivity index (χ0n) is 14.5. The van der Waals surface area contributed by atoms with E-state index in [-0.39, 0.29) is 11.3 Å². The predicted octanol–water partition coefficient (Wildman–Crippen LogP) is 3.39. The van der Waals surface area contributed by atoms with E-state index in [1.807, 2.05) is 12.1 Å². The normalized spacial score (nSPS) is 13.2. The monoisotopic (exact) mass is 367 g/mol. The van der Waals surface area contributed by atoms with E-state index in [0.717, 1.165) is 4.90 Å². The molecule has 28 heavy (non-hydrogen) atoms. The number of carbonyl (C=O) groups excluding carboxylic acids is 2. The molecule has 1 aliphatic heterocycles. The van der Waals surface area contributed by atoms with E-state index in [4.69, 9.17) is 0 Å². The minimum atomic E-state index is -0.412. The molecule has 1 aliphatic rings. The van der Waals surface area contributed by atoms with E-state index in [9.17, 15) is 14.4 Å². The Balaban J connectivity index is 1.72. The maximum atomic E-state index is 12.9. The lowest BCUT2D eigenvalue weighted by Crippen LogP contribution is -2.30. The van der Waals surface area contributed by atoms with Crippen LogP contribution in [0.25, 0.3) is 22.3 Å². The molecule has 6 nitrogen and oxygen atoms in total. The number of carbonyl (C=O) groups is 2. The van der Waals surface area contributed by atoms with E-state index in [1.165, 1.54) is 0 Å². The summed E-state index contributed by atoms with van der Waals surface area (Å²) in [5.41, 5.74) is 2.47. The van der Waals surface area contributed by atoms with Crippen LogP contribution in [0.3, 0.4) is 0 Å². The molecule has 6 heteroatoms. The highest BCUT2D eigenvalue weighted by Crippen LogP contribution is 2.34. The van der Waals surface area contributed by atoms with Gasteiger partial charge in [0.15, 0.2) is 0 Å². The first-order chi connectivity index (χ1) is 13.6. The van der Waals surface area contributed by atoms with Gasteiger partial charge in [-0.05, 0) is 30.3 Å². The van der Waals surface area contributed by atoms with Crippen molar-refractivity contribution < 1.29 is 9.59 Å². The van der Waals surface area contributed by atoms with Gasteiger partial charge in [0.2, 0.25) is 0 Å². The third-order valence-corrected chi connectivity index (χ3v) is 4.79. The lowest BCUT2D eigenvalue weighted by molar-refractivity contribution is 0.0926. The zero-order chi connectivity index (χ0) is 19.3. The molecule has 0 bridgehead atoms. The van der Waals surface area contributed by atoms with Crippen LogP contribution >= 0.6 is 0 Å². The number of nitrogens with zero attached hydrogens (tertiary/aromatic N) is 2. The van der Waals surface area contributed by atoms with Crippen molar-refractivity contribution in [3.05, 3.63) is 94.3 Å². The first kappa shape index (κ1) is 16.1. The van der Waals surface area contributed by atoms with Crippen LogP contribution in [0.5, 0.6) is 0 Å². The molecule has 0 saturated heterocycles. The topological polar surface area (TPSA) is 83.1 Å². The molecule has 0 fully saturated rings. The summed E-state index contributed by atoms with van der Waals surface area (Å²) in [7, 11) is 0. The summed E-state index contributed by atoms with van der Waals surface area (Å²) in [6.45, 7) is 0. The van der Waals surface area contributed by atoms with Gasteiger partial charge in [-0.3, -0.25) is 14.4 Å². The largest absolute Gasteiger partial charge is 0.319 e. The van der Waals surface area contributed by atoms with Crippen LogP contribution in [0.2, 0.25) is 0 Å². The predicted molar refractivity (Wildman–Crippen MR) is 105 cm³/mol. The smallest absolute Gasteiger partial charge is 0.275 e. The van der Waals surface area contributed by atoms with Crippen molar-refractivity contribution in [3.63, 3.8) is 0 Å². The molecule has 3 aromatic carbocycles. The van der Waals surface area contributed by atoms with Crippen LogP contribution < -0.4 is 10.5 Å². The second kappa shape index (κ2) is 5.99. The number of para-hydroxylation sites is 3. The second-order valence-corrected chi connectivity index (χ2v) is 6.44. The number of aromatic amines is 1. The molecule has 1 N–H and O–H groups in total. The molecule has 1 aromatic heterocycles. The Morgan fingerprint density at radius 1 is 0.679 bits per heavy atom. The molecule has 4 aromatic rings. The van der Waals surface area contributed by atoms with Crippen LogP contribution in [0.1, 0.15) is 20.7 Å². The minimum absolute atomic E-state index is 0.158. The van der Waals surface area contributed by atoms with Gasteiger partial charge < -0.3 is 4.98 Å². The molecular weight excluding hydrogens is 354 g/mol. The molecule has 2 heterocycles. The van der Waals surface area contributed by atoms with Gasteiger partial charge in [0.25, 0.3) is 17.4 Å². The number of fused-ring (bicyclic) bond motifs is 2. The molecule has 0 unspecified atom stereocenters. The number of hydrogen-bond acceptors (Lipinski definition) is 4. The highest BCUT2D eigenvalue weighted by molar-refractivity contribution is 6.35. The average molecular weight is 367 g/mol. The number of benzene rings is 3. The standard InChI is InChI=1S/C22H13N3O3/c26-20-19(23-16-10-4-5-11-17(16)24-20)15-9-3-6-12-18(15)25-21(27)13-7-1-2-8-14(13)22(25)28/h1-12H,(H,24,26). The van der Waals surface area contributed by atoms with Crippen molar-refractivity contribution in [1.82, 2.24) is 9.97 Å². The summed E-state index contributed by atoms with van der Waals surface area (Å²) in [5, 5.41) is 0. The number of aromatic nitrogens is 2. The van der Waals surface area contributed by atoms with E-state index in [1.54, 1.807) is 60.7 Å². The van der Waals surface area contributed by atoms with E-state index in [2.05, 4.69) is 9.97 Å². The van der Waals surface area contributed by atoms with E-state index in [0.29, 0.717) is 33.4 Å². The maximum Gasteiger partial charge on any atom is 0.275 e. The summed E-state index contributed by atoms with van der Waals surface area (Å²) in [6, 6.07) is 20.7. The molecule has 0 spiro atoms. The van der Waals surface area contributed by atoms with Crippen molar-refractivity contribution in [1.29, 1.82) is 0 Å². The Hall–Kier alpha value is -4.06. The summed E-state index contributed by atoms with van der Waals surface area (Å²) in [4.78, 5) is 46.8. The van der Waals surface area contributed by atoms with E-state index < -0.39 is 11.8 Å². The molecule has 0 atom stereocenters. The van der Waals surface area contributed by atoms with Crippen molar-refractivity contribution >= 4 is 28.5 Å². The van der Waals surface area contributed by atoms with Gasteiger partial charge in [-0.15, -0.1) is 0 Å². The summed E-state index contributed by atoms with van der Waals surface area (Å²) < 4.78 is 0. The Morgan fingerprint density at radius 2 is 1.25 bits per heavy atom. The van der Waals surface area contributed by atoms with Crippen LogP contribution in [-0.2, 0) is 0 Å². The van der Waals surface area contributed by atoms with Gasteiger partial charge >= 0.3 is 0 Å². The van der Waals surface area contributed by atoms with Crippen molar-refractivity contribution in [2.24, 2.45) is 0 Å². The van der Waals surface area contributed by atoms with Gasteiger partial charge in [0, 0.05) is 5.56 Å². The second-order valence-electron chi connectivity index (χ2n) is 6.44. The van der Waals surface area contributed by atoms with Crippen LogP contribution in [-0.4, -0.2) is 21.8 Å². The number of hydrogen-bond donors (Lipinski definition) is 1. The number of anilines is 1. The molecule has 0 radical (unpaired) electrons. The lowest BCUT2D eigenvalue weighted by Gasteiger charge is -2.17. The fraction of sp³-hybridized carbons (Fsp3) is 0. The zero-order valence-corrected chi connectivity index (χ0v) is 14.5. The third-order valence-electron chi connectivity index (χ3n) is 4.79. The molecule has 0 aliphatic carbocycles. The SMILES string of the molecule is O=C1c2ccccc2C(=O)N1c1ccccc1-c1nc2ccccc2[nH]c1=O. The minimum Gasteiger partial charge on any atom is -0.319 e. The van der Waals surface area contributed by atoms with Gasteiger partial charge in [-0.1, -0.05) is 42.5 Å². The van der Waals surface area contributed by atoms with Gasteiger partial charge in [-0.25, -0.2) is 9.88 Å². The maximum absolute atomic E-state index is 12.9. The van der Waals surface area contributed by atoms with Gasteiger partial charge in [-0.2, -0.15) is 0 Å². The average Bonchev–Trinajstić information content (AvgIpc) is 2.98. The highest BCUT2D eigenvalue weighted by atomic mass is 16.2. The first-order valence-corrected chi connectivity index (χ1v) is 8.71. The van der Waals surface area contributed by atoms with Gasteiger partial charge in [0.05, 0.1) is 27.8 Å². The Bertz CT molecular complexity index is 1310. The number of amides is 2. The van der Waals surface area contributed by atoms with Crippen molar-refractivity contribution in [2.45, 2.75) is 0 Å². The number of rotatable bonds is 2.